The van der Waals surface area contributed by atoms with E-state index in [9.17, 15) is 4.79 Å². The van der Waals surface area contributed by atoms with Crippen molar-refractivity contribution in [3.8, 4) is 0 Å². The van der Waals surface area contributed by atoms with Gasteiger partial charge in [-0.05, 0) is 31.8 Å². The van der Waals surface area contributed by atoms with Gasteiger partial charge in [0.2, 0.25) is 0 Å². The van der Waals surface area contributed by atoms with Gasteiger partial charge in [-0.3, -0.25) is 9.89 Å². The zero-order chi connectivity index (χ0) is 14.3. The summed E-state index contributed by atoms with van der Waals surface area (Å²) in [6.45, 7) is 8.46. The molecule has 1 fully saturated rings. The molecule has 0 aromatic carbocycles. The molecule has 5 heteroatoms. The first-order valence-corrected chi connectivity index (χ1v) is 7.26. The van der Waals surface area contributed by atoms with Gasteiger partial charge in [-0.2, -0.15) is 0 Å². The molecule has 1 atom stereocenters. The van der Waals surface area contributed by atoms with Crippen molar-refractivity contribution in [2.45, 2.75) is 39.0 Å². The molecule has 2 aromatic heterocycles. The normalized spacial score (nSPS) is 19.9. The first-order chi connectivity index (χ1) is 9.43. The molecule has 1 aliphatic heterocycles. The van der Waals surface area contributed by atoms with Crippen molar-refractivity contribution >= 4 is 5.65 Å². The highest BCUT2D eigenvalue weighted by Gasteiger charge is 2.19. The van der Waals surface area contributed by atoms with Gasteiger partial charge in [-0.25, -0.2) is 9.50 Å². The van der Waals surface area contributed by atoms with E-state index in [0.29, 0.717) is 5.92 Å². The molecule has 0 aliphatic carbocycles. The van der Waals surface area contributed by atoms with Crippen LogP contribution in [0.4, 0.5) is 0 Å². The molecule has 1 saturated heterocycles. The van der Waals surface area contributed by atoms with Crippen molar-refractivity contribution in [2.75, 3.05) is 13.1 Å². The summed E-state index contributed by atoms with van der Waals surface area (Å²) in [5.74, 6) is 0.602. The van der Waals surface area contributed by atoms with Crippen LogP contribution in [-0.4, -0.2) is 27.7 Å². The van der Waals surface area contributed by atoms with Gasteiger partial charge in [-0.15, -0.1) is 0 Å². The first kappa shape index (κ1) is 13.4. The molecule has 2 N–H and O–H groups in total. The fraction of sp³-hybridized carbons (Fsp3) is 0.600. The Bertz CT molecular complexity index is 671. The summed E-state index contributed by atoms with van der Waals surface area (Å²) in [7, 11) is 0. The number of hydrogen-bond donors (Lipinski definition) is 2. The molecule has 0 saturated carbocycles. The van der Waals surface area contributed by atoms with Crippen LogP contribution in [0.1, 0.15) is 38.6 Å². The van der Waals surface area contributed by atoms with Crippen molar-refractivity contribution in [3.05, 3.63) is 33.9 Å². The van der Waals surface area contributed by atoms with Gasteiger partial charge >= 0.3 is 0 Å². The molecule has 0 bridgehead atoms. The number of aromatic nitrogens is 3. The Kier molecular flexibility index (Phi) is 3.17. The van der Waals surface area contributed by atoms with E-state index in [2.05, 4.69) is 36.2 Å². The SMILES string of the molecule is CC(C)(C)c1cc2nc(CC3CCNC3)cc(=O)n2[nH]1. The standard InChI is InChI=1S/C15H22N4O/c1-15(2,3)12-8-13-17-11(6-10-4-5-16-9-10)7-14(20)19(13)18-12/h7-8,10,16,18H,4-6,9H2,1-3H3. The van der Waals surface area contributed by atoms with Crippen LogP contribution in [0, 0.1) is 5.92 Å². The molecular weight excluding hydrogens is 252 g/mol. The topological polar surface area (TPSA) is 62.2 Å². The van der Waals surface area contributed by atoms with Crippen LogP contribution in [-0.2, 0) is 11.8 Å². The van der Waals surface area contributed by atoms with Crippen LogP contribution in [0.3, 0.4) is 0 Å². The van der Waals surface area contributed by atoms with E-state index < -0.39 is 0 Å². The second-order valence-corrected chi connectivity index (χ2v) is 6.76. The monoisotopic (exact) mass is 274 g/mol. The van der Waals surface area contributed by atoms with E-state index in [4.69, 9.17) is 0 Å². The molecule has 1 aliphatic rings. The van der Waals surface area contributed by atoms with Gasteiger partial charge in [0.05, 0.1) is 0 Å². The van der Waals surface area contributed by atoms with Crippen molar-refractivity contribution in [1.29, 1.82) is 0 Å². The fourth-order valence-electron chi connectivity index (χ4n) is 2.71. The zero-order valence-electron chi connectivity index (χ0n) is 12.4. The third-order valence-corrected chi connectivity index (χ3v) is 3.97. The summed E-state index contributed by atoms with van der Waals surface area (Å²) < 4.78 is 1.54. The molecule has 2 aromatic rings. The van der Waals surface area contributed by atoms with Crippen LogP contribution in [0.5, 0.6) is 0 Å². The number of H-pyrrole nitrogens is 1. The predicted octanol–water partition coefficient (Wildman–Crippen LogP) is 1.47. The van der Waals surface area contributed by atoms with E-state index in [1.54, 1.807) is 6.07 Å². The lowest BCUT2D eigenvalue weighted by Crippen LogP contribution is -2.19. The number of aromatic amines is 1. The van der Waals surface area contributed by atoms with Crippen LogP contribution >= 0.6 is 0 Å². The molecular formula is C15H22N4O. The minimum atomic E-state index is -0.0218. The van der Waals surface area contributed by atoms with Crippen LogP contribution < -0.4 is 10.9 Å². The Balaban J connectivity index is 1.98. The highest BCUT2D eigenvalue weighted by atomic mass is 16.1. The van der Waals surface area contributed by atoms with Gasteiger partial charge in [0.15, 0.2) is 5.65 Å². The van der Waals surface area contributed by atoms with Crippen molar-refractivity contribution < 1.29 is 0 Å². The van der Waals surface area contributed by atoms with E-state index >= 15 is 0 Å². The Hall–Kier alpha value is -1.62. The van der Waals surface area contributed by atoms with E-state index in [-0.39, 0.29) is 11.0 Å². The maximum absolute atomic E-state index is 12.2. The second kappa shape index (κ2) is 4.74. The van der Waals surface area contributed by atoms with Gasteiger partial charge in [-0.1, -0.05) is 20.8 Å². The molecule has 1 unspecified atom stereocenters. The number of fused-ring (bicyclic) bond motifs is 1. The lowest BCUT2D eigenvalue weighted by molar-refractivity contribution is 0.560. The number of nitrogens with one attached hydrogen (secondary N) is 2. The fourth-order valence-corrected chi connectivity index (χ4v) is 2.71. The van der Waals surface area contributed by atoms with Crippen LogP contribution in [0.2, 0.25) is 0 Å². The highest BCUT2D eigenvalue weighted by Crippen LogP contribution is 2.21. The summed E-state index contributed by atoms with van der Waals surface area (Å²) in [6.07, 6.45) is 2.05. The Labute approximate surface area is 118 Å². The van der Waals surface area contributed by atoms with Crippen molar-refractivity contribution in [1.82, 2.24) is 19.9 Å². The predicted molar refractivity (Wildman–Crippen MR) is 79.2 cm³/mol. The molecule has 0 radical (unpaired) electrons. The number of rotatable bonds is 2. The molecule has 108 valence electrons. The van der Waals surface area contributed by atoms with Gasteiger partial charge in [0.1, 0.15) is 0 Å². The third-order valence-electron chi connectivity index (χ3n) is 3.97. The largest absolute Gasteiger partial charge is 0.316 e. The first-order valence-electron chi connectivity index (χ1n) is 7.26. The van der Waals surface area contributed by atoms with E-state index in [1.807, 2.05) is 6.07 Å². The number of nitrogens with zero attached hydrogens (tertiary/aromatic N) is 2. The number of hydrogen-bond acceptors (Lipinski definition) is 3. The Morgan fingerprint density at radius 2 is 2.20 bits per heavy atom. The van der Waals surface area contributed by atoms with Gasteiger partial charge < -0.3 is 5.32 Å². The molecule has 3 heterocycles. The summed E-state index contributed by atoms with van der Waals surface area (Å²) in [5.41, 5.74) is 2.62. The average Bonchev–Trinajstić information content (AvgIpc) is 2.96. The third kappa shape index (κ3) is 2.50. The van der Waals surface area contributed by atoms with Crippen LogP contribution in [0.15, 0.2) is 16.9 Å². The highest BCUT2D eigenvalue weighted by molar-refractivity contribution is 5.41. The van der Waals surface area contributed by atoms with Crippen LogP contribution in [0.25, 0.3) is 5.65 Å². The summed E-state index contributed by atoms with van der Waals surface area (Å²) in [5, 5.41) is 6.51. The maximum atomic E-state index is 12.2. The van der Waals surface area contributed by atoms with Crippen molar-refractivity contribution in [2.24, 2.45) is 5.92 Å². The lowest BCUT2D eigenvalue weighted by atomic mass is 9.93. The smallest absolute Gasteiger partial charge is 0.272 e. The van der Waals surface area contributed by atoms with Gasteiger partial charge in [0.25, 0.3) is 5.56 Å². The molecule has 5 nitrogen and oxygen atoms in total. The Morgan fingerprint density at radius 1 is 1.40 bits per heavy atom. The zero-order valence-corrected chi connectivity index (χ0v) is 12.4. The van der Waals surface area contributed by atoms with E-state index in [0.717, 1.165) is 36.5 Å². The van der Waals surface area contributed by atoms with Gasteiger partial charge in [0, 0.05) is 28.9 Å². The lowest BCUT2D eigenvalue weighted by Gasteiger charge is -2.14. The van der Waals surface area contributed by atoms with Crippen molar-refractivity contribution in [3.63, 3.8) is 0 Å². The minimum absolute atomic E-state index is 0.0182. The molecule has 3 rings (SSSR count). The second-order valence-electron chi connectivity index (χ2n) is 6.76. The maximum Gasteiger partial charge on any atom is 0.272 e. The summed E-state index contributed by atoms with van der Waals surface area (Å²) in [6, 6.07) is 3.64. The minimum Gasteiger partial charge on any atom is -0.316 e. The quantitative estimate of drug-likeness (QED) is 0.872. The summed E-state index contributed by atoms with van der Waals surface area (Å²) >= 11 is 0. The average molecular weight is 274 g/mol. The van der Waals surface area contributed by atoms with E-state index in [1.165, 1.54) is 10.9 Å². The Morgan fingerprint density at radius 3 is 2.85 bits per heavy atom. The molecule has 0 spiro atoms. The molecule has 20 heavy (non-hydrogen) atoms. The molecule has 0 amide bonds. The summed E-state index contributed by atoms with van der Waals surface area (Å²) in [4.78, 5) is 16.8.